The molecule has 0 bridgehead atoms. The lowest BCUT2D eigenvalue weighted by Crippen LogP contribution is -2.53. The molecule has 2 saturated heterocycles. The molecular formula is C36H48N6O6S. The second-order valence-corrected chi connectivity index (χ2v) is 15.4. The first-order valence-corrected chi connectivity index (χ1v) is 19.2. The number of likely N-dealkylation sites (tertiary alicyclic amines) is 1. The summed E-state index contributed by atoms with van der Waals surface area (Å²) >= 11 is 0. The summed E-state index contributed by atoms with van der Waals surface area (Å²) < 4.78 is 42.1. The number of hydrogen-bond donors (Lipinski definition) is 3. The number of rotatable bonds is 7. The maximum absolute atomic E-state index is 13.9. The number of amides is 3. The zero-order valence-corrected chi connectivity index (χ0v) is 29.3. The Morgan fingerprint density at radius 3 is 2.41 bits per heavy atom. The molecular weight excluding hydrogens is 644 g/mol. The molecule has 49 heavy (non-hydrogen) atoms. The Hall–Kier alpha value is -3.65. The van der Waals surface area contributed by atoms with Crippen molar-refractivity contribution in [2.75, 3.05) is 53.6 Å². The summed E-state index contributed by atoms with van der Waals surface area (Å²) in [6.07, 6.45) is 8.23. The van der Waals surface area contributed by atoms with Crippen LogP contribution >= 0.6 is 0 Å². The molecule has 1 aliphatic carbocycles. The lowest BCUT2D eigenvalue weighted by Gasteiger charge is -2.40. The van der Waals surface area contributed by atoms with Gasteiger partial charge in [0, 0.05) is 67.8 Å². The lowest BCUT2D eigenvalue weighted by atomic mass is 9.81. The van der Waals surface area contributed by atoms with Crippen LogP contribution in [0.15, 0.2) is 36.4 Å². The van der Waals surface area contributed by atoms with Gasteiger partial charge in [0.1, 0.15) is 5.75 Å². The Bertz CT molecular complexity index is 1810. The molecule has 13 heteroatoms. The number of morpholine rings is 1. The third-order valence-electron chi connectivity index (χ3n) is 11.0. The van der Waals surface area contributed by atoms with Crippen LogP contribution in [0.5, 0.6) is 5.75 Å². The van der Waals surface area contributed by atoms with Crippen molar-refractivity contribution in [2.45, 2.75) is 75.9 Å². The normalized spacial score (nSPS) is 21.1. The van der Waals surface area contributed by atoms with Gasteiger partial charge in [-0.3, -0.25) is 9.69 Å². The van der Waals surface area contributed by atoms with Crippen molar-refractivity contribution in [1.29, 1.82) is 0 Å². The van der Waals surface area contributed by atoms with Crippen LogP contribution < -0.4 is 19.5 Å². The van der Waals surface area contributed by atoms with Crippen molar-refractivity contribution in [1.82, 2.24) is 29.1 Å². The van der Waals surface area contributed by atoms with Crippen LogP contribution in [0.2, 0.25) is 0 Å². The summed E-state index contributed by atoms with van der Waals surface area (Å²) in [5, 5.41) is 4.46. The zero-order valence-electron chi connectivity index (χ0n) is 28.5. The molecule has 3 fully saturated rings. The lowest BCUT2D eigenvalue weighted by molar-refractivity contribution is 0.00372. The number of fused-ring (bicyclic) bond motifs is 5. The Kier molecular flexibility index (Phi) is 9.87. The van der Waals surface area contributed by atoms with E-state index in [-0.39, 0.29) is 17.6 Å². The number of methoxy groups -OCH3 is 1. The first-order valence-electron chi connectivity index (χ1n) is 17.7. The van der Waals surface area contributed by atoms with E-state index < -0.39 is 16.1 Å². The number of carbonyl (C=O) groups is 2. The van der Waals surface area contributed by atoms with Crippen LogP contribution in [0.3, 0.4) is 0 Å². The van der Waals surface area contributed by atoms with Crippen LogP contribution in [0.1, 0.15) is 72.3 Å². The number of urea groups is 1. The number of nitrogens with one attached hydrogen (secondary N) is 3. The third kappa shape index (κ3) is 7.03. The number of carbonyl (C=O) groups excluding carboxylic acids is 2. The molecule has 3 aromatic rings. The standard InChI is InChI=1S/C36H48N6O6S/c1-37-49(45,46)39-35(43)25-8-10-31-32(22-25)42-23-27(38-36(44)41-14-12-28(13-15-41)40-16-18-48-19-17-40)20-26-21-29(47-2)9-11-30(26)34(42)33(31)24-6-4-3-5-7-24/h8-11,21-22,24,27-28,37H,3-7,12-20,23H2,1-2H3,(H,38,44)(H,39,43). The van der Waals surface area contributed by atoms with E-state index >= 15 is 0 Å². The van der Waals surface area contributed by atoms with E-state index in [0.29, 0.717) is 38.0 Å². The van der Waals surface area contributed by atoms with Gasteiger partial charge in [-0.1, -0.05) is 25.3 Å². The topological polar surface area (TPSA) is 134 Å². The smallest absolute Gasteiger partial charge is 0.317 e. The monoisotopic (exact) mass is 692 g/mol. The van der Waals surface area contributed by atoms with Crippen LogP contribution in [-0.2, 0) is 27.9 Å². The van der Waals surface area contributed by atoms with E-state index in [1.807, 2.05) is 17.0 Å². The molecule has 3 N–H and O–H groups in total. The average Bonchev–Trinajstić information content (AvgIpc) is 3.35. The van der Waals surface area contributed by atoms with E-state index in [1.165, 1.54) is 19.0 Å². The highest BCUT2D eigenvalue weighted by Gasteiger charge is 2.34. The zero-order chi connectivity index (χ0) is 34.1. The molecule has 1 aromatic heterocycles. The summed E-state index contributed by atoms with van der Waals surface area (Å²) in [7, 11) is -1.04. The van der Waals surface area contributed by atoms with Crippen molar-refractivity contribution in [3.63, 3.8) is 0 Å². The maximum Gasteiger partial charge on any atom is 0.317 e. The predicted molar refractivity (Wildman–Crippen MR) is 188 cm³/mol. The summed E-state index contributed by atoms with van der Waals surface area (Å²) in [6, 6.07) is 11.9. The summed E-state index contributed by atoms with van der Waals surface area (Å²) in [5.74, 6) is 0.420. The van der Waals surface area contributed by atoms with Gasteiger partial charge in [-0.2, -0.15) is 8.42 Å². The van der Waals surface area contributed by atoms with Crippen LogP contribution in [0.25, 0.3) is 22.2 Å². The molecule has 1 unspecified atom stereocenters. The molecule has 7 rings (SSSR count). The van der Waals surface area contributed by atoms with Gasteiger partial charge in [-0.05, 0) is 79.5 Å². The molecule has 3 aliphatic heterocycles. The number of benzene rings is 2. The van der Waals surface area contributed by atoms with Gasteiger partial charge >= 0.3 is 16.2 Å². The van der Waals surface area contributed by atoms with Crippen molar-refractivity contribution < 1.29 is 27.5 Å². The fraction of sp³-hybridized carbons (Fsp3) is 0.556. The van der Waals surface area contributed by atoms with Crippen molar-refractivity contribution in [3.05, 3.63) is 53.1 Å². The van der Waals surface area contributed by atoms with Gasteiger partial charge in [0.2, 0.25) is 0 Å². The molecule has 4 aliphatic rings. The number of nitrogens with zero attached hydrogens (tertiary/aromatic N) is 3. The molecule has 1 saturated carbocycles. The minimum absolute atomic E-state index is 0.0559. The highest BCUT2D eigenvalue weighted by molar-refractivity contribution is 7.88. The number of aromatic nitrogens is 1. The van der Waals surface area contributed by atoms with Gasteiger partial charge in [0.05, 0.1) is 32.1 Å². The van der Waals surface area contributed by atoms with E-state index in [9.17, 15) is 18.0 Å². The van der Waals surface area contributed by atoms with Gasteiger partial charge < -0.3 is 24.3 Å². The van der Waals surface area contributed by atoms with Gasteiger partial charge in [-0.15, -0.1) is 0 Å². The second kappa shape index (κ2) is 14.3. The SMILES string of the molecule is CNS(=O)(=O)NC(=O)c1ccc2c(C3CCCCC3)c3n(c2c1)CC(NC(=O)N1CCC(N2CCOCC2)CC1)Cc1cc(OC)ccc1-3. The number of hydrogen-bond acceptors (Lipinski definition) is 7. The minimum Gasteiger partial charge on any atom is -0.497 e. The van der Waals surface area contributed by atoms with Gasteiger partial charge in [0.15, 0.2) is 0 Å². The highest BCUT2D eigenvalue weighted by atomic mass is 32.2. The van der Waals surface area contributed by atoms with Gasteiger partial charge in [-0.25, -0.2) is 14.2 Å². The first kappa shape index (κ1) is 33.8. The first-order chi connectivity index (χ1) is 23.7. The van der Waals surface area contributed by atoms with Crippen molar-refractivity contribution >= 4 is 33.1 Å². The molecule has 3 amide bonds. The highest BCUT2D eigenvalue weighted by Crippen LogP contribution is 2.46. The van der Waals surface area contributed by atoms with E-state index in [0.717, 1.165) is 98.3 Å². The summed E-state index contributed by atoms with van der Waals surface area (Å²) in [4.78, 5) is 31.5. The van der Waals surface area contributed by atoms with Crippen molar-refractivity contribution in [3.8, 4) is 17.0 Å². The fourth-order valence-electron chi connectivity index (χ4n) is 8.42. The minimum atomic E-state index is -3.97. The number of piperidine rings is 1. The maximum atomic E-state index is 13.9. The molecule has 0 spiro atoms. The Labute approximate surface area is 288 Å². The van der Waals surface area contributed by atoms with Crippen LogP contribution in [-0.4, -0.2) is 100 Å². The van der Waals surface area contributed by atoms with Gasteiger partial charge in [0.25, 0.3) is 5.91 Å². The fourth-order valence-corrected chi connectivity index (χ4v) is 8.88. The van der Waals surface area contributed by atoms with Crippen LogP contribution in [0, 0.1) is 0 Å². The molecule has 0 radical (unpaired) electrons. The van der Waals surface area contributed by atoms with E-state index in [4.69, 9.17) is 9.47 Å². The Morgan fingerprint density at radius 1 is 0.939 bits per heavy atom. The molecule has 12 nitrogen and oxygen atoms in total. The molecule has 2 aromatic carbocycles. The number of ether oxygens (including phenoxy) is 2. The van der Waals surface area contributed by atoms with Crippen LogP contribution in [0.4, 0.5) is 4.79 Å². The molecule has 4 heterocycles. The average molecular weight is 693 g/mol. The van der Waals surface area contributed by atoms with E-state index in [1.54, 1.807) is 19.2 Å². The van der Waals surface area contributed by atoms with E-state index in [2.05, 4.69) is 36.4 Å². The quantitative estimate of drug-likeness (QED) is 0.341. The van der Waals surface area contributed by atoms with Crippen molar-refractivity contribution in [2.24, 2.45) is 0 Å². The summed E-state index contributed by atoms with van der Waals surface area (Å²) in [6.45, 7) is 5.37. The second-order valence-electron chi connectivity index (χ2n) is 13.8. The summed E-state index contributed by atoms with van der Waals surface area (Å²) in [5.41, 5.74) is 5.71. The predicted octanol–water partition coefficient (Wildman–Crippen LogP) is 3.99. The molecule has 264 valence electrons. The Balaban J connectivity index is 1.25. The largest absolute Gasteiger partial charge is 0.497 e. The molecule has 1 atom stereocenters. The Morgan fingerprint density at radius 2 is 1.69 bits per heavy atom. The third-order valence-corrected chi connectivity index (χ3v) is 11.9.